The molecule has 0 unspecified atom stereocenters. The molecule has 5 rings (SSSR count). The van der Waals surface area contributed by atoms with Crippen molar-refractivity contribution in [2.24, 2.45) is 0 Å². The number of phenolic OH excluding ortho intramolecular Hbond substituents is 3. The maximum atomic E-state index is 12.9. The highest BCUT2D eigenvalue weighted by Crippen LogP contribution is 2.43. The van der Waals surface area contributed by atoms with Crippen LogP contribution in [0.15, 0.2) is 39.5 Å². The highest BCUT2D eigenvalue weighted by atomic mass is 16.7. The summed E-state index contributed by atoms with van der Waals surface area (Å²) in [5.74, 6) is -3.58. The number of hydrogen-bond acceptors (Lipinski definition) is 16. The van der Waals surface area contributed by atoms with E-state index in [2.05, 4.69) is 0 Å². The predicted octanol–water partition coefficient (Wildman–Crippen LogP) is -1.69. The summed E-state index contributed by atoms with van der Waals surface area (Å²) in [6.45, 7) is 0.624. The first kappa shape index (κ1) is 30.7. The topological polar surface area (TPSA) is 269 Å². The van der Waals surface area contributed by atoms with Crippen LogP contribution < -0.4 is 10.2 Å². The summed E-state index contributed by atoms with van der Waals surface area (Å²) < 4.78 is 27.5. The number of benzene rings is 2. The van der Waals surface area contributed by atoms with Gasteiger partial charge in [-0.25, -0.2) is 0 Å². The molecule has 2 aliphatic heterocycles. The zero-order chi connectivity index (χ0) is 31.3. The van der Waals surface area contributed by atoms with E-state index in [4.69, 9.17) is 23.4 Å². The highest BCUT2D eigenvalue weighted by Gasteiger charge is 2.50. The van der Waals surface area contributed by atoms with E-state index in [-0.39, 0.29) is 11.3 Å². The van der Waals surface area contributed by atoms with Gasteiger partial charge in [0.25, 0.3) is 0 Å². The van der Waals surface area contributed by atoms with Crippen molar-refractivity contribution in [3.63, 3.8) is 0 Å². The minimum Gasteiger partial charge on any atom is -0.508 e. The van der Waals surface area contributed by atoms with E-state index in [0.717, 1.165) is 6.07 Å². The first-order valence-electron chi connectivity index (χ1n) is 13.0. The molecule has 2 fully saturated rings. The standard InChI is InChI=1S/C27H30O16/c1-8-15(31)25(43-26-21(37)19(35)16(32)13(7-28)41-26)22(38)27(39-8)40-12-6-11(30)14-18(34)20(36)23(42-24(14)17(12)33)9-2-4-10(29)5-3-9/h2-6,8,13,15-16,19,21-22,25-33,35-38H,7H2,1H3/t8-,13+,15-,16+,19-,21-,22-,25-,26-,27-/m0/s1. The Bertz CT molecular complexity index is 1520. The van der Waals surface area contributed by atoms with Gasteiger partial charge in [0.15, 0.2) is 23.4 Å². The summed E-state index contributed by atoms with van der Waals surface area (Å²) in [7, 11) is 0. The maximum absolute atomic E-state index is 12.9. The number of rotatable bonds is 6. The van der Waals surface area contributed by atoms with Gasteiger partial charge in [0.1, 0.15) is 59.6 Å². The minimum absolute atomic E-state index is 0.109. The van der Waals surface area contributed by atoms with Gasteiger partial charge in [0.2, 0.25) is 23.2 Å². The van der Waals surface area contributed by atoms with Crippen LogP contribution in [0.2, 0.25) is 0 Å². The van der Waals surface area contributed by atoms with Gasteiger partial charge in [-0.3, -0.25) is 4.79 Å². The Kier molecular flexibility index (Phi) is 8.41. The molecule has 16 heteroatoms. The number of ether oxygens (including phenoxy) is 4. The molecule has 234 valence electrons. The Morgan fingerprint density at radius 1 is 0.814 bits per heavy atom. The lowest BCUT2D eigenvalue weighted by atomic mass is 9.97. The number of aliphatic hydroxyl groups is 6. The van der Waals surface area contributed by atoms with E-state index in [1.54, 1.807) is 0 Å². The second-order valence-corrected chi connectivity index (χ2v) is 10.2. The van der Waals surface area contributed by atoms with E-state index in [1.807, 2.05) is 0 Å². The van der Waals surface area contributed by atoms with Crippen LogP contribution in [0.25, 0.3) is 22.3 Å². The quantitative estimate of drug-likeness (QED) is 0.140. The molecule has 10 N–H and O–H groups in total. The monoisotopic (exact) mass is 610 g/mol. The zero-order valence-corrected chi connectivity index (χ0v) is 22.3. The normalized spacial score (nSPS) is 33.0. The number of aliphatic hydroxyl groups excluding tert-OH is 6. The van der Waals surface area contributed by atoms with Crippen molar-refractivity contribution >= 4 is 11.0 Å². The van der Waals surface area contributed by atoms with Crippen LogP contribution in [0.1, 0.15) is 6.92 Å². The summed E-state index contributed by atoms with van der Waals surface area (Å²) in [6, 6.07) is 5.97. The van der Waals surface area contributed by atoms with E-state index in [0.29, 0.717) is 0 Å². The summed E-state index contributed by atoms with van der Waals surface area (Å²) >= 11 is 0. The van der Waals surface area contributed by atoms with E-state index in [1.165, 1.54) is 31.2 Å². The summed E-state index contributed by atoms with van der Waals surface area (Å²) in [4.78, 5) is 12.9. The Labute approximate surface area is 241 Å². The van der Waals surface area contributed by atoms with Gasteiger partial charge >= 0.3 is 0 Å². The van der Waals surface area contributed by atoms with E-state index in [9.17, 15) is 55.9 Å². The van der Waals surface area contributed by atoms with Crippen LogP contribution >= 0.6 is 0 Å². The van der Waals surface area contributed by atoms with Crippen molar-refractivity contribution in [3.05, 3.63) is 40.6 Å². The van der Waals surface area contributed by atoms with Gasteiger partial charge in [0.05, 0.1) is 12.7 Å². The third kappa shape index (κ3) is 5.44. The van der Waals surface area contributed by atoms with Gasteiger partial charge in [0, 0.05) is 11.6 Å². The third-order valence-corrected chi connectivity index (χ3v) is 7.35. The average Bonchev–Trinajstić information content (AvgIpc) is 2.98. The molecular formula is C27H30O16. The zero-order valence-electron chi connectivity index (χ0n) is 22.3. The summed E-state index contributed by atoms with van der Waals surface area (Å²) in [5.41, 5.74) is -1.56. The number of phenols is 3. The highest BCUT2D eigenvalue weighted by molar-refractivity contribution is 5.93. The van der Waals surface area contributed by atoms with E-state index >= 15 is 0 Å². The molecule has 0 bridgehead atoms. The van der Waals surface area contributed by atoms with Crippen molar-refractivity contribution in [3.8, 4) is 40.1 Å². The second kappa shape index (κ2) is 11.8. The van der Waals surface area contributed by atoms with Gasteiger partial charge in [-0.2, -0.15) is 0 Å². The van der Waals surface area contributed by atoms with Crippen LogP contribution in [0.3, 0.4) is 0 Å². The average molecular weight is 611 g/mol. The van der Waals surface area contributed by atoms with Gasteiger partial charge in [-0.1, -0.05) is 0 Å². The van der Waals surface area contributed by atoms with Crippen molar-refractivity contribution in [2.75, 3.05) is 6.61 Å². The Morgan fingerprint density at radius 3 is 2.14 bits per heavy atom. The molecule has 16 nitrogen and oxygen atoms in total. The lowest BCUT2D eigenvalue weighted by molar-refractivity contribution is -0.350. The van der Waals surface area contributed by atoms with Crippen molar-refractivity contribution < 1.29 is 74.4 Å². The van der Waals surface area contributed by atoms with E-state index < -0.39 is 113 Å². The molecule has 0 aliphatic carbocycles. The smallest absolute Gasteiger partial charge is 0.238 e. The largest absolute Gasteiger partial charge is 0.508 e. The predicted molar refractivity (Wildman–Crippen MR) is 140 cm³/mol. The van der Waals surface area contributed by atoms with Crippen molar-refractivity contribution in [1.82, 2.24) is 0 Å². The fourth-order valence-corrected chi connectivity index (χ4v) is 4.92. The van der Waals surface area contributed by atoms with Gasteiger partial charge in [-0.15, -0.1) is 0 Å². The lowest BCUT2D eigenvalue weighted by Crippen LogP contribution is -2.64. The first-order chi connectivity index (χ1) is 20.3. The lowest BCUT2D eigenvalue weighted by Gasteiger charge is -2.45. The summed E-state index contributed by atoms with van der Waals surface area (Å²) in [5, 5.41) is 102. The molecule has 1 aromatic heterocycles. The molecule has 3 heterocycles. The molecule has 0 saturated carbocycles. The van der Waals surface area contributed by atoms with Crippen LogP contribution in [-0.4, -0.2) is 119 Å². The second-order valence-electron chi connectivity index (χ2n) is 10.2. The molecule has 43 heavy (non-hydrogen) atoms. The molecular weight excluding hydrogens is 580 g/mol. The maximum Gasteiger partial charge on any atom is 0.238 e. The van der Waals surface area contributed by atoms with Crippen LogP contribution in [0.5, 0.6) is 28.7 Å². The molecule has 2 aromatic carbocycles. The number of fused-ring (bicyclic) bond motifs is 1. The van der Waals surface area contributed by atoms with Crippen LogP contribution in [-0.2, 0) is 14.2 Å². The Hall–Kier alpha value is -3.71. The van der Waals surface area contributed by atoms with Gasteiger partial charge < -0.3 is 74.4 Å². The Balaban J connectivity index is 1.46. The number of hydrogen-bond donors (Lipinski definition) is 10. The molecule has 0 spiro atoms. The first-order valence-corrected chi connectivity index (χ1v) is 13.0. The van der Waals surface area contributed by atoms with Crippen LogP contribution in [0.4, 0.5) is 0 Å². The SMILES string of the molecule is C[C@@H]1O[C@@H](Oc2cc(O)c3c(=O)c(O)c(-c4ccc(O)cc4)oc3c2O)[C@@H](O)[C@@H](O[C@@H]2O[C@H](CO)[C@@H](O)[C@H](O)[C@@H]2O)[C@H]1O. The fraction of sp³-hybridized carbons (Fsp3) is 0.444. The van der Waals surface area contributed by atoms with Crippen molar-refractivity contribution in [2.45, 2.75) is 68.3 Å². The molecule has 10 atom stereocenters. The fourth-order valence-electron chi connectivity index (χ4n) is 4.92. The van der Waals surface area contributed by atoms with Crippen LogP contribution in [0, 0.1) is 0 Å². The minimum atomic E-state index is -1.88. The molecule has 0 amide bonds. The van der Waals surface area contributed by atoms with Gasteiger partial charge in [-0.05, 0) is 31.2 Å². The molecule has 2 aliphatic rings. The molecule has 3 aromatic rings. The number of aromatic hydroxyl groups is 4. The summed E-state index contributed by atoms with van der Waals surface area (Å²) in [6.07, 6.45) is -16.3. The molecule has 2 saturated heterocycles. The Morgan fingerprint density at radius 2 is 1.49 bits per heavy atom. The van der Waals surface area contributed by atoms with Crippen molar-refractivity contribution in [1.29, 1.82) is 0 Å². The molecule has 0 radical (unpaired) electrons. The third-order valence-electron chi connectivity index (χ3n) is 7.35.